The number of hydrogen-bond donors (Lipinski definition) is 1. The Hall–Kier alpha value is -2.60. The van der Waals surface area contributed by atoms with E-state index < -0.39 is 0 Å². The zero-order valence-corrected chi connectivity index (χ0v) is 17.7. The van der Waals surface area contributed by atoms with Gasteiger partial charge in [0.25, 0.3) is 11.8 Å². The summed E-state index contributed by atoms with van der Waals surface area (Å²) in [6.45, 7) is 2.07. The van der Waals surface area contributed by atoms with Crippen molar-refractivity contribution in [1.82, 2.24) is 4.90 Å². The summed E-state index contributed by atoms with van der Waals surface area (Å²) in [7, 11) is 0. The minimum atomic E-state index is -0.359. The Labute approximate surface area is 182 Å². The molecule has 2 heterocycles. The number of aryl methyl sites for hydroxylation is 1. The number of imide groups is 1. The van der Waals surface area contributed by atoms with Crippen LogP contribution in [0.3, 0.4) is 0 Å². The predicted molar refractivity (Wildman–Crippen MR) is 118 cm³/mol. The normalized spacial score (nSPS) is 14.1. The van der Waals surface area contributed by atoms with Gasteiger partial charge in [0.2, 0.25) is 0 Å². The summed E-state index contributed by atoms with van der Waals surface area (Å²) >= 11 is 13.4. The molecule has 29 heavy (non-hydrogen) atoms. The first-order valence-electron chi connectivity index (χ1n) is 8.86. The van der Waals surface area contributed by atoms with E-state index in [2.05, 4.69) is 5.32 Å². The summed E-state index contributed by atoms with van der Waals surface area (Å²) in [5.41, 5.74) is 3.09. The molecule has 0 bridgehead atoms. The minimum absolute atomic E-state index is 0.175. The summed E-state index contributed by atoms with van der Waals surface area (Å²) in [5, 5.41) is 6.27. The van der Waals surface area contributed by atoms with Gasteiger partial charge in [-0.05, 0) is 59.8 Å². The molecule has 1 aliphatic rings. The van der Waals surface area contributed by atoms with Crippen LogP contribution in [0, 0.1) is 6.92 Å². The summed E-state index contributed by atoms with van der Waals surface area (Å²) in [4.78, 5) is 28.4. The molecule has 2 amide bonds. The van der Waals surface area contributed by atoms with Crippen molar-refractivity contribution in [2.45, 2.75) is 13.5 Å². The van der Waals surface area contributed by atoms with E-state index in [4.69, 9.17) is 23.2 Å². The molecule has 0 saturated heterocycles. The second-order valence-corrected chi connectivity index (χ2v) is 8.46. The highest BCUT2D eigenvalue weighted by Crippen LogP contribution is 2.34. The number of carbonyl (C=O) groups is 2. The Balaban J connectivity index is 1.71. The molecule has 0 saturated carbocycles. The number of halogens is 2. The molecule has 146 valence electrons. The molecule has 0 unspecified atom stereocenters. The molecule has 0 aliphatic carbocycles. The Kier molecular flexibility index (Phi) is 5.46. The van der Waals surface area contributed by atoms with Crippen LogP contribution in [0.1, 0.15) is 16.0 Å². The van der Waals surface area contributed by atoms with E-state index in [-0.39, 0.29) is 24.1 Å². The third-order valence-corrected chi connectivity index (χ3v) is 6.01. The summed E-state index contributed by atoms with van der Waals surface area (Å²) in [6.07, 6.45) is 0. The molecular weight excluding hydrogens is 427 g/mol. The standard InChI is InChI=1S/C22H16Cl2N2O2S/c1-13-11-16(24)8-9-17(13)25-20-19(18-3-2-10-29-18)21(27)26(22(20)28)12-14-4-6-15(23)7-5-14/h2-11,25H,12H2,1H3. The Morgan fingerprint density at radius 1 is 0.966 bits per heavy atom. The van der Waals surface area contributed by atoms with Crippen molar-refractivity contribution in [1.29, 1.82) is 0 Å². The molecule has 0 radical (unpaired) electrons. The number of carbonyl (C=O) groups excluding carboxylic acids is 2. The molecule has 3 aromatic rings. The van der Waals surface area contributed by atoms with Crippen LogP contribution in [0.5, 0.6) is 0 Å². The highest BCUT2D eigenvalue weighted by Gasteiger charge is 2.39. The lowest BCUT2D eigenvalue weighted by Crippen LogP contribution is -2.32. The molecule has 1 N–H and O–H groups in total. The topological polar surface area (TPSA) is 49.4 Å². The van der Waals surface area contributed by atoms with Crippen LogP contribution in [0.4, 0.5) is 5.69 Å². The van der Waals surface area contributed by atoms with E-state index in [1.54, 1.807) is 24.3 Å². The first-order valence-corrected chi connectivity index (χ1v) is 10.5. The lowest BCUT2D eigenvalue weighted by atomic mass is 10.1. The SMILES string of the molecule is Cc1cc(Cl)ccc1NC1=C(c2cccs2)C(=O)N(Cc2ccc(Cl)cc2)C1=O. The summed E-state index contributed by atoms with van der Waals surface area (Å²) in [6, 6.07) is 16.2. The number of nitrogens with one attached hydrogen (secondary N) is 1. The maximum atomic E-state index is 13.2. The van der Waals surface area contributed by atoms with Crippen molar-refractivity contribution in [2.75, 3.05) is 5.32 Å². The fraction of sp³-hybridized carbons (Fsp3) is 0.0909. The van der Waals surface area contributed by atoms with Gasteiger partial charge >= 0.3 is 0 Å². The van der Waals surface area contributed by atoms with Crippen molar-refractivity contribution in [2.24, 2.45) is 0 Å². The fourth-order valence-electron chi connectivity index (χ4n) is 3.16. The van der Waals surface area contributed by atoms with Crippen LogP contribution >= 0.6 is 34.5 Å². The molecule has 1 aromatic heterocycles. The second-order valence-electron chi connectivity index (χ2n) is 6.63. The number of benzene rings is 2. The average molecular weight is 443 g/mol. The van der Waals surface area contributed by atoms with Gasteiger partial charge in [0, 0.05) is 20.6 Å². The molecule has 7 heteroatoms. The van der Waals surface area contributed by atoms with Crippen LogP contribution in [-0.4, -0.2) is 16.7 Å². The van der Waals surface area contributed by atoms with Gasteiger partial charge in [-0.25, -0.2) is 0 Å². The van der Waals surface area contributed by atoms with Crippen molar-refractivity contribution >= 4 is 57.6 Å². The number of nitrogens with zero attached hydrogens (tertiary/aromatic N) is 1. The number of thiophene rings is 1. The Morgan fingerprint density at radius 3 is 2.34 bits per heavy atom. The lowest BCUT2D eigenvalue weighted by molar-refractivity contribution is -0.137. The molecule has 0 fully saturated rings. The van der Waals surface area contributed by atoms with Gasteiger partial charge in [-0.1, -0.05) is 41.4 Å². The van der Waals surface area contributed by atoms with Gasteiger partial charge in [0.05, 0.1) is 12.1 Å². The summed E-state index contributed by atoms with van der Waals surface area (Å²) in [5.74, 6) is -0.677. The van der Waals surface area contributed by atoms with E-state index in [1.165, 1.54) is 16.2 Å². The fourth-order valence-corrected chi connectivity index (χ4v) is 4.28. The van der Waals surface area contributed by atoms with Crippen molar-refractivity contribution in [3.63, 3.8) is 0 Å². The maximum Gasteiger partial charge on any atom is 0.278 e. The lowest BCUT2D eigenvalue weighted by Gasteiger charge is -2.16. The zero-order chi connectivity index (χ0) is 20.5. The smallest absolute Gasteiger partial charge is 0.278 e. The van der Waals surface area contributed by atoms with Crippen molar-refractivity contribution in [3.8, 4) is 0 Å². The van der Waals surface area contributed by atoms with Gasteiger partial charge in [-0.2, -0.15) is 0 Å². The Morgan fingerprint density at radius 2 is 1.69 bits per heavy atom. The number of hydrogen-bond acceptors (Lipinski definition) is 4. The van der Waals surface area contributed by atoms with Crippen molar-refractivity contribution < 1.29 is 9.59 Å². The molecule has 0 atom stereocenters. The molecule has 1 aliphatic heterocycles. The highest BCUT2D eigenvalue weighted by atomic mass is 35.5. The highest BCUT2D eigenvalue weighted by molar-refractivity contribution is 7.11. The van der Waals surface area contributed by atoms with E-state index in [0.717, 1.165) is 21.7 Å². The predicted octanol–water partition coefficient (Wildman–Crippen LogP) is 5.76. The van der Waals surface area contributed by atoms with E-state index in [1.807, 2.05) is 42.6 Å². The van der Waals surface area contributed by atoms with E-state index in [0.29, 0.717) is 15.6 Å². The monoisotopic (exact) mass is 442 g/mol. The van der Waals surface area contributed by atoms with Crippen LogP contribution in [0.25, 0.3) is 5.57 Å². The minimum Gasteiger partial charge on any atom is -0.350 e. The Bertz CT molecular complexity index is 1120. The maximum absolute atomic E-state index is 13.2. The molecular formula is C22H16Cl2N2O2S. The third kappa shape index (κ3) is 3.94. The van der Waals surface area contributed by atoms with Crippen LogP contribution in [0.2, 0.25) is 10.0 Å². The second kappa shape index (κ2) is 8.03. The number of anilines is 1. The molecule has 0 spiro atoms. The quantitative estimate of drug-likeness (QED) is 0.511. The first kappa shape index (κ1) is 19.7. The molecule has 2 aromatic carbocycles. The summed E-state index contributed by atoms with van der Waals surface area (Å²) < 4.78 is 0. The van der Waals surface area contributed by atoms with Gasteiger partial charge < -0.3 is 5.32 Å². The first-order chi connectivity index (χ1) is 13.9. The largest absolute Gasteiger partial charge is 0.350 e. The van der Waals surface area contributed by atoms with E-state index >= 15 is 0 Å². The van der Waals surface area contributed by atoms with Crippen LogP contribution in [-0.2, 0) is 16.1 Å². The third-order valence-electron chi connectivity index (χ3n) is 4.64. The number of rotatable bonds is 5. The zero-order valence-electron chi connectivity index (χ0n) is 15.4. The van der Waals surface area contributed by atoms with Gasteiger partial charge in [-0.3, -0.25) is 14.5 Å². The van der Waals surface area contributed by atoms with Gasteiger partial charge in [-0.15, -0.1) is 11.3 Å². The average Bonchev–Trinajstić information content (AvgIpc) is 3.29. The van der Waals surface area contributed by atoms with Crippen LogP contribution < -0.4 is 5.32 Å². The van der Waals surface area contributed by atoms with Crippen molar-refractivity contribution in [3.05, 3.63) is 91.7 Å². The van der Waals surface area contributed by atoms with Gasteiger partial charge in [0.1, 0.15) is 5.70 Å². The molecule has 4 nitrogen and oxygen atoms in total. The van der Waals surface area contributed by atoms with E-state index in [9.17, 15) is 9.59 Å². The molecule has 4 rings (SSSR count). The van der Waals surface area contributed by atoms with Gasteiger partial charge in [0.15, 0.2) is 0 Å². The van der Waals surface area contributed by atoms with Crippen LogP contribution in [0.15, 0.2) is 65.7 Å². The number of amides is 2.